The van der Waals surface area contributed by atoms with E-state index in [0.717, 1.165) is 18.0 Å². The highest BCUT2D eigenvalue weighted by molar-refractivity contribution is 4.85. The van der Waals surface area contributed by atoms with E-state index in [1.807, 2.05) is 0 Å². The van der Waals surface area contributed by atoms with Gasteiger partial charge in [-0.1, -0.05) is 25.7 Å². The summed E-state index contributed by atoms with van der Waals surface area (Å²) in [6, 6.07) is 1.94. The molecule has 0 radical (unpaired) electrons. The maximum absolute atomic E-state index is 2.70. The Morgan fingerprint density at radius 1 is 0.619 bits per heavy atom. The third-order valence-corrected chi connectivity index (χ3v) is 6.50. The van der Waals surface area contributed by atoms with Crippen LogP contribution in [0.4, 0.5) is 0 Å². The largest absolute Gasteiger partial charge is 0.303 e. The summed E-state index contributed by atoms with van der Waals surface area (Å²) in [5.74, 6) is 1.06. The topological polar surface area (TPSA) is 6.48 Å². The maximum Gasteiger partial charge on any atom is 0.0120 e. The summed E-state index contributed by atoms with van der Waals surface area (Å²) in [6.07, 6.45) is 17.8. The maximum atomic E-state index is 2.70. The summed E-state index contributed by atoms with van der Waals surface area (Å²) in [7, 11) is 2.31. The van der Waals surface area contributed by atoms with Gasteiger partial charge in [0.2, 0.25) is 0 Å². The second kappa shape index (κ2) is 7.97. The molecule has 1 saturated carbocycles. The third kappa shape index (κ3) is 4.22. The fourth-order valence-electron chi connectivity index (χ4n) is 5.25. The van der Waals surface area contributed by atoms with Crippen LogP contribution in [-0.4, -0.2) is 48.6 Å². The predicted octanol–water partition coefficient (Wildman–Crippen LogP) is 4.30. The van der Waals surface area contributed by atoms with Crippen molar-refractivity contribution in [2.45, 2.75) is 89.1 Å². The molecule has 4 aliphatic rings. The van der Waals surface area contributed by atoms with Crippen molar-refractivity contribution in [1.29, 1.82) is 0 Å². The van der Waals surface area contributed by atoms with Gasteiger partial charge in [0.05, 0.1) is 0 Å². The lowest BCUT2D eigenvalue weighted by Gasteiger charge is -2.42. The number of likely N-dealkylation sites (tertiary alicyclic amines) is 1. The summed E-state index contributed by atoms with van der Waals surface area (Å²) in [5, 5.41) is 0. The minimum atomic E-state index is 0.956. The van der Waals surface area contributed by atoms with E-state index in [4.69, 9.17) is 0 Å². The molecule has 0 amide bonds. The molecule has 0 spiro atoms. The van der Waals surface area contributed by atoms with Crippen LogP contribution in [-0.2, 0) is 0 Å². The van der Waals surface area contributed by atoms with Crippen LogP contribution >= 0.6 is 0 Å². The molecule has 1 aliphatic carbocycles. The Hall–Kier alpha value is -0.0800. The van der Waals surface area contributed by atoms with E-state index in [9.17, 15) is 0 Å². The lowest BCUT2D eigenvalue weighted by molar-refractivity contribution is 0.0841. The van der Waals surface area contributed by atoms with E-state index in [1.54, 1.807) is 0 Å². The Balaban J connectivity index is 0.000000126. The van der Waals surface area contributed by atoms with Crippen LogP contribution in [0.1, 0.15) is 77.0 Å². The Bertz CT molecular complexity index is 276. The minimum Gasteiger partial charge on any atom is -0.303 e. The summed E-state index contributed by atoms with van der Waals surface area (Å²) < 4.78 is 0. The number of fused-ring (bicyclic) bond motifs is 2. The molecule has 0 aromatic heterocycles. The number of hydrogen-bond donors (Lipinski definition) is 0. The molecular weight excluding hydrogens is 256 g/mol. The number of hydrogen-bond acceptors (Lipinski definition) is 2. The van der Waals surface area contributed by atoms with Crippen molar-refractivity contribution in [2.75, 3.05) is 26.7 Å². The van der Waals surface area contributed by atoms with Crippen LogP contribution in [0.3, 0.4) is 0 Å². The van der Waals surface area contributed by atoms with Crippen molar-refractivity contribution in [2.24, 2.45) is 5.92 Å². The molecule has 122 valence electrons. The van der Waals surface area contributed by atoms with Crippen molar-refractivity contribution >= 4 is 0 Å². The second-order valence-electron chi connectivity index (χ2n) is 7.92. The zero-order valence-electron chi connectivity index (χ0n) is 14.2. The van der Waals surface area contributed by atoms with E-state index in [2.05, 4.69) is 16.8 Å². The normalized spacial score (nSPS) is 35.3. The average molecular weight is 293 g/mol. The summed E-state index contributed by atoms with van der Waals surface area (Å²) in [6.45, 7) is 4.14. The van der Waals surface area contributed by atoms with Gasteiger partial charge in [0.25, 0.3) is 0 Å². The molecule has 3 heterocycles. The van der Waals surface area contributed by atoms with E-state index in [-0.39, 0.29) is 0 Å². The van der Waals surface area contributed by atoms with Crippen molar-refractivity contribution < 1.29 is 0 Å². The SMILES string of the molecule is C1CCN2CCCCC2C1.CN1CCCC2CCCCC21. The first kappa shape index (κ1) is 15.8. The van der Waals surface area contributed by atoms with Crippen LogP contribution in [0.2, 0.25) is 0 Å². The molecule has 2 nitrogen and oxygen atoms in total. The fraction of sp³-hybridized carbons (Fsp3) is 1.00. The van der Waals surface area contributed by atoms with Gasteiger partial charge >= 0.3 is 0 Å². The van der Waals surface area contributed by atoms with Crippen molar-refractivity contribution in [1.82, 2.24) is 9.80 Å². The van der Waals surface area contributed by atoms with Crippen LogP contribution in [0.25, 0.3) is 0 Å². The highest BCUT2D eigenvalue weighted by atomic mass is 15.2. The molecule has 0 aromatic carbocycles. The Morgan fingerprint density at radius 2 is 1.24 bits per heavy atom. The Kier molecular flexibility index (Phi) is 5.99. The lowest BCUT2D eigenvalue weighted by atomic mass is 9.79. The zero-order chi connectivity index (χ0) is 14.5. The van der Waals surface area contributed by atoms with Gasteiger partial charge < -0.3 is 9.80 Å². The quantitative estimate of drug-likeness (QED) is 0.657. The van der Waals surface area contributed by atoms with Gasteiger partial charge in [-0.2, -0.15) is 0 Å². The Labute approximate surface area is 132 Å². The smallest absolute Gasteiger partial charge is 0.0120 e. The Morgan fingerprint density at radius 3 is 1.90 bits per heavy atom. The molecule has 4 rings (SSSR count). The van der Waals surface area contributed by atoms with Gasteiger partial charge in [-0.05, 0) is 84.0 Å². The molecule has 3 aliphatic heterocycles. The predicted molar refractivity (Wildman–Crippen MR) is 90.7 cm³/mol. The van der Waals surface area contributed by atoms with Gasteiger partial charge in [0, 0.05) is 12.1 Å². The van der Waals surface area contributed by atoms with Gasteiger partial charge in [0.15, 0.2) is 0 Å². The van der Waals surface area contributed by atoms with Gasteiger partial charge in [-0.25, -0.2) is 0 Å². The highest BCUT2D eigenvalue weighted by Crippen LogP contribution is 2.34. The first-order chi connectivity index (χ1) is 10.3. The van der Waals surface area contributed by atoms with E-state index >= 15 is 0 Å². The first-order valence-corrected chi connectivity index (χ1v) is 9.79. The van der Waals surface area contributed by atoms with Gasteiger partial charge in [0.1, 0.15) is 0 Å². The molecule has 0 N–H and O–H groups in total. The van der Waals surface area contributed by atoms with Crippen LogP contribution in [0, 0.1) is 5.92 Å². The summed E-state index contributed by atoms with van der Waals surface area (Å²) in [5.41, 5.74) is 0. The average Bonchev–Trinajstić information content (AvgIpc) is 2.56. The summed E-state index contributed by atoms with van der Waals surface area (Å²) in [4.78, 5) is 5.29. The second-order valence-corrected chi connectivity index (χ2v) is 7.92. The van der Waals surface area contributed by atoms with Crippen molar-refractivity contribution in [3.8, 4) is 0 Å². The van der Waals surface area contributed by atoms with E-state index < -0.39 is 0 Å². The number of rotatable bonds is 0. The monoisotopic (exact) mass is 292 g/mol. The number of piperidine rings is 3. The highest BCUT2D eigenvalue weighted by Gasteiger charge is 2.30. The molecule has 2 unspecified atom stereocenters. The lowest BCUT2D eigenvalue weighted by Crippen LogP contribution is -2.44. The molecule has 0 bridgehead atoms. The third-order valence-electron chi connectivity index (χ3n) is 6.50. The van der Waals surface area contributed by atoms with E-state index in [0.29, 0.717) is 0 Å². The van der Waals surface area contributed by atoms with E-state index in [1.165, 1.54) is 96.7 Å². The van der Waals surface area contributed by atoms with Crippen LogP contribution in [0.5, 0.6) is 0 Å². The van der Waals surface area contributed by atoms with Crippen molar-refractivity contribution in [3.63, 3.8) is 0 Å². The minimum absolute atomic E-state index is 0.956. The van der Waals surface area contributed by atoms with Gasteiger partial charge in [-0.15, -0.1) is 0 Å². The molecule has 2 atom stereocenters. The molecule has 3 saturated heterocycles. The van der Waals surface area contributed by atoms with Gasteiger partial charge in [-0.3, -0.25) is 0 Å². The molecule has 4 fully saturated rings. The van der Waals surface area contributed by atoms with Crippen molar-refractivity contribution in [3.05, 3.63) is 0 Å². The number of nitrogens with zero attached hydrogens (tertiary/aromatic N) is 2. The van der Waals surface area contributed by atoms with Crippen LogP contribution in [0.15, 0.2) is 0 Å². The molecular formula is C19H36N2. The molecule has 0 aromatic rings. The first-order valence-electron chi connectivity index (χ1n) is 9.79. The molecule has 2 heteroatoms. The van der Waals surface area contributed by atoms with Crippen LogP contribution < -0.4 is 0 Å². The standard InChI is InChI=1S/C10H19N.C9H17N/c1-11-8-4-6-9-5-2-3-7-10(9)11;1-3-7-10-8-4-2-6-9(10)5-1/h9-10H,2-8H2,1H3;9H,1-8H2. The summed E-state index contributed by atoms with van der Waals surface area (Å²) >= 11 is 0. The zero-order valence-corrected chi connectivity index (χ0v) is 14.2. The molecule has 21 heavy (non-hydrogen) atoms. The fourth-order valence-corrected chi connectivity index (χ4v) is 5.25.